The van der Waals surface area contributed by atoms with Gasteiger partial charge in [-0.25, -0.2) is 0 Å². The minimum absolute atomic E-state index is 0.0119. The molecule has 20 heavy (non-hydrogen) atoms. The van der Waals surface area contributed by atoms with Gasteiger partial charge in [-0.2, -0.15) is 0 Å². The summed E-state index contributed by atoms with van der Waals surface area (Å²) in [5.74, 6) is 0.00375. The van der Waals surface area contributed by atoms with Gasteiger partial charge in [0, 0.05) is 18.1 Å². The molecule has 0 radical (unpaired) electrons. The predicted octanol–water partition coefficient (Wildman–Crippen LogP) is 2.09. The van der Waals surface area contributed by atoms with Gasteiger partial charge in [-0.3, -0.25) is 4.79 Å². The first kappa shape index (κ1) is 15.3. The number of ether oxygens (including phenoxy) is 1. The highest BCUT2D eigenvalue weighted by Crippen LogP contribution is 2.24. The topological polar surface area (TPSA) is 41.6 Å². The van der Waals surface area contributed by atoms with Crippen LogP contribution in [-0.4, -0.2) is 44.2 Å². The molecule has 0 saturated carbocycles. The first-order valence-electron chi connectivity index (χ1n) is 6.81. The first-order valence-corrected chi connectivity index (χ1v) is 7.19. The van der Waals surface area contributed by atoms with E-state index in [1.807, 2.05) is 45.3 Å². The Morgan fingerprint density at radius 3 is 2.65 bits per heavy atom. The molecular weight excluding hydrogens is 276 g/mol. The Morgan fingerprint density at radius 1 is 1.40 bits per heavy atom. The summed E-state index contributed by atoms with van der Waals surface area (Å²) < 4.78 is 5.41. The normalized spacial score (nSPS) is 23.6. The molecule has 2 rings (SSSR count). The van der Waals surface area contributed by atoms with Gasteiger partial charge >= 0.3 is 0 Å². The number of amides is 1. The van der Waals surface area contributed by atoms with Crippen molar-refractivity contribution in [2.45, 2.75) is 19.0 Å². The molecule has 3 atom stereocenters. The van der Waals surface area contributed by atoms with Gasteiger partial charge in [-0.15, -0.1) is 0 Å². The summed E-state index contributed by atoms with van der Waals surface area (Å²) in [6, 6.07) is 7.72. The Hall–Kier alpha value is -1.10. The molecule has 0 aliphatic carbocycles. The van der Waals surface area contributed by atoms with Crippen LogP contribution in [0.4, 0.5) is 0 Å². The molecule has 0 bridgehead atoms. The number of rotatable bonds is 4. The van der Waals surface area contributed by atoms with Gasteiger partial charge in [-0.1, -0.05) is 23.7 Å². The van der Waals surface area contributed by atoms with E-state index in [1.165, 1.54) is 0 Å². The van der Waals surface area contributed by atoms with Crippen molar-refractivity contribution in [3.05, 3.63) is 34.9 Å². The molecule has 5 heteroatoms. The Bertz CT molecular complexity index is 463. The van der Waals surface area contributed by atoms with E-state index < -0.39 is 0 Å². The number of carbonyl (C=O) groups is 1. The molecule has 1 aliphatic heterocycles. The fraction of sp³-hybridized carbons (Fsp3) is 0.533. The molecule has 4 nitrogen and oxygen atoms in total. The Labute approximate surface area is 125 Å². The highest BCUT2D eigenvalue weighted by molar-refractivity contribution is 6.30. The lowest BCUT2D eigenvalue weighted by molar-refractivity contribution is -0.136. The highest BCUT2D eigenvalue weighted by Gasteiger charge is 2.36. The van der Waals surface area contributed by atoms with Gasteiger partial charge in [0.15, 0.2) is 0 Å². The van der Waals surface area contributed by atoms with E-state index >= 15 is 0 Å². The lowest BCUT2D eigenvalue weighted by Gasteiger charge is -2.29. The second-order valence-corrected chi connectivity index (χ2v) is 5.65. The van der Waals surface area contributed by atoms with E-state index in [1.54, 1.807) is 4.90 Å². The van der Waals surface area contributed by atoms with Crippen LogP contribution in [0, 0.1) is 5.92 Å². The SMILES string of the molecule is CNC1COCC1C(=O)N(C)C(C)c1ccc(Cl)cc1. The van der Waals surface area contributed by atoms with Crippen molar-refractivity contribution < 1.29 is 9.53 Å². The number of nitrogens with one attached hydrogen (secondary N) is 1. The molecule has 1 aromatic rings. The molecule has 0 aromatic heterocycles. The van der Waals surface area contributed by atoms with Gasteiger partial charge in [0.25, 0.3) is 0 Å². The van der Waals surface area contributed by atoms with Crippen LogP contribution in [-0.2, 0) is 9.53 Å². The van der Waals surface area contributed by atoms with Crippen LogP contribution >= 0.6 is 11.6 Å². The van der Waals surface area contributed by atoms with Crippen molar-refractivity contribution in [3.63, 3.8) is 0 Å². The fourth-order valence-corrected chi connectivity index (χ4v) is 2.63. The standard InChI is InChI=1S/C15H21ClN2O2/c1-10(11-4-6-12(16)7-5-11)18(3)15(19)13-8-20-9-14(13)17-2/h4-7,10,13-14,17H,8-9H2,1-3H3. The van der Waals surface area contributed by atoms with E-state index in [2.05, 4.69) is 5.32 Å². The average Bonchev–Trinajstić information content (AvgIpc) is 2.94. The molecule has 1 saturated heterocycles. The zero-order valence-electron chi connectivity index (χ0n) is 12.1. The third-order valence-corrected chi connectivity index (χ3v) is 4.30. The van der Waals surface area contributed by atoms with Crippen LogP contribution in [0.2, 0.25) is 5.02 Å². The summed E-state index contributed by atoms with van der Waals surface area (Å²) in [5, 5.41) is 3.85. The second kappa shape index (κ2) is 6.57. The Kier molecular flexibility index (Phi) is 5.02. The van der Waals surface area contributed by atoms with Crippen LogP contribution < -0.4 is 5.32 Å². The van der Waals surface area contributed by atoms with Crippen LogP contribution in [0.25, 0.3) is 0 Å². The Balaban J connectivity index is 2.07. The average molecular weight is 297 g/mol. The summed E-state index contributed by atoms with van der Waals surface area (Å²) in [7, 11) is 3.70. The fourth-order valence-electron chi connectivity index (χ4n) is 2.50. The molecule has 110 valence electrons. The number of hydrogen-bond donors (Lipinski definition) is 1. The van der Waals surface area contributed by atoms with Crippen molar-refractivity contribution in [1.29, 1.82) is 0 Å². The molecule has 1 N–H and O–H groups in total. The smallest absolute Gasteiger partial charge is 0.229 e. The third-order valence-electron chi connectivity index (χ3n) is 4.05. The quantitative estimate of drug-likeness (QED) is 0.925. The first-order chi connectivity index (χ1) is 9.54. The number of hydrogen-bond acceptors (Lipinski definition) is 3. The summed E-state index contributed by atoms with van der Waals surface area (Å²) in [5.41, 5.74) is 1.07. The molecule has 0 spiro atoms. The van der Waals surface area contributed by atoms with Crippen LogP contribution in [0.3, 0.4) is 0 Å². The molecule has 1 aromatic carbocycles. The zero-order chi connectivity index (χ0) is 14.7. The molecule has 1 fully saturated rings. The van der Waals surface area contributed by atoms with E-state index in [-0.39, 0.29) is 23.9 Å². The van der Waals surface area contributed by atoms with Gasteiger partial charge in [-0.05, 0) is 31.7 Å². The van der Waals surface area contributed by atoms with Gasteiger partial charge in [0.1, 0.15) is 0 Å². The van der Waals surface area contributed by atoms with Crippen molar-refractivity contribution in [2.24, 2.45) is 5.92 Å². The van der Waals surface area contributed by atoms with Crippen LogP contribution in [0.15, 0.2) is 24.3 Å². The van der Waals surface area contributed by atoms with E-state index in [0.717, 1.165) is 5.56 Å². The Morgan fingerprint density at radius 2 is 2.05 bits per heavy atom. The summed E-state index contributed by atoms with van der Waals surface area (Å²) in [4.78, 5) is 14.4. The van der Waals surface area contributed by atoms with Crippen molar-refractivity contribution >= 4 is 17.5 Å². The summed E-state index contributed by atoms with van der Waals surface area (Å²) in [6.45, 7) is 3.10. The van der Waals surface area contributed by atoms with Crippen LogP contribution in [0.5, 0.6) is 0 Å². The monoisotopic (exact) mass is 296 g/mol. The zero-order valence-corrected chi connectivity index (χ0v) is 12.9. The van der Waals surface area contributed by atoms with E-state index in [9.17, 15) is 4.79 Å². The molecule has 1 amide bonds. The van der Waals surface area contributed by atoms with Crippen molar-refractivity contribution in [3.8, 4) is 0 Å². The number of carbonyl (C=O) groups excluding carboxylic acids is 1. The molecule has 1 aliphatic rings. The van der Waals surface area contributed by atoms with E-state index in [4.69, 9.17) is 16.3 Å². The largest absolute Gasteiger partial charge is 0.379 e. The highest BCUT2D eigenvalue weighted by atomic mass is 35.5. The molecule has 3 unspecified atom stereocenters. The lowest BCUT2D eigenvalue weighted by atomic mass is 10.00. The minimum atomic E-state index is -0.111. The molecular formula is C15H21ClN2O2. The number of benzene rings is 1. The number of likely N-dealkylation sites (N-methyl/N-ethyl adjacent to an activating group) is 1. The van der Waals surface area contributed by atoms with Crippen LogP contribution in [0.1, 0.15) is 18.5 Å². The number of nitrogens with zero attached hydrogens (tertiary/aromatic N) is 1. The maximum atomic E-state index is 12.6. The number of halogens is 1. The third kappa shape index (κ3) is 3.14. The van der Waals surface area contributed by atoms with E-state index in [0.29, 0.717) is 18.2 Å². The van der Waals surface area contributed by atoms with Gasteiger partial charge in [0.05, 0.1) is 25.2 Å². The minimum Gasteiger partial charge on any atom is -0.379 e. The maximum absolute atomic E-state index is 12.6. The van der Waals surface area contributed by atoms with Gasteiger partial charge in [0.2, 0.25) is 5.91 Å². The molecule has 1 heterocycles. The van der Waals surface area contributed by atoms with Crippen molar-refractivity contribution in [1.82, 2.24) is 10.2 Å². The lowest BCUT2D eigenvalue weighted by Crippen LogP contribution is -2.44. The predicted molar refractivity (Wildman–Crippen MR) is 79.8 cm³/mol. The summed E-state index contributed by atoms with van der Waals surface area (Å²) >= 11 is 5.89. The van der Waals surface area contributed by atoms with Gasteiger partial charge < -0.3 is 15.0 Å². The maximum Gasteiger partial charge on any atom is 0.229 e. The summed E-state index contributed by atoms with van der Waals surface area (Å²) in [6.07, 6.45) is 0. The second-order valence-electron chi connectivity index (χ2n) is 5.22. The van der Waals surface area contributed by atoms with Crippen molar-refractivity contribution in [2.75, 3.05) is 27.3 Å².